The number of morpholine rings is 1. The van der Waals surface area contributed by atoms with Crippen LogP contribution >= 0.6 is 24.0 Å². The predicted octanol–water partition coefficient (Wildman–Crippen LogP) is 2.25. The van der Waals surface area contributed by atoms with Crippen LogP contribution in [0.2, 0.25) is 0 Å². The fourth-order valence-electron chi connectivity index (χ4n) is 3.63. The lowest BCUT2D eigenvalue weighted by Crippen LogP contribution is -2.57. The first-order valence-electron chi connectivity index (χ1n) is 10.1. The number of aliphatic imine (C=N–C) groups is 1. The van der Waals surface area contributed by atoms with E-state index in [4.69, 9.17) is 4.74 Å². The first kappa shape index (κ1) is 25.1. The van der Waals surface area contributed by atoms with E-state index in [9.17, 15) is 12.8 Å². The van der Waals surface area contributed by atoms with Gasteiger partial charge in [0.25, 0.3) is 0 Å². The second-order valence-electron chi connectivity index (χ2n) is 8.06. The van der Waals surface area contributed by atoms with Gasteiger partial charge in [0.1, 0.15) is 5.82 Å². The lowest BCUT2D eigenvalue weighted by molar-refractivity contribution is 0.122. The standard InChI is InChI=1S/C20H31FN4O3S.HI/c1-4-22-19(25-9-12-29(26,27)20(2,3)15-25)23-14-16-5-6-18(17(21)13-16)24-7-10-28-11-8-24;/h5-6,13H,4,7-12,14-15H2,1-3H3,(H,22,23);1H. The molecule has 1 aromatic carbocycles. The zero-order valence-electron chi connectivity index (χ0n) is 17.9. The molecule has 1 N–H and O–H groups in total. The molecule has 2 saturated heterocycles. The third kappa shape index (κ3) is 5.76. The summed E-state index contributed by atoms with van der Waals surface area (Å²) in [5, 5.41) is 3.23. The van der Waals surface area contributed by atoms with Crippen molar-refractivity contribution < 1.29 is 17.5 Å². The van der Waals surface area contributed by atoms with Crippen molar-refractivity contribution >= 4 is 45.5 Å². The number of nitrogens with one attached hydrogen (secondary N) is 1. The summed E-state index contributed by atoms with van der Waals surface area (Å²) in [6.07, 6.45) is 0. The Balaban J connectivity index is 0.00000320. The van der Waals surface area contributed by atoms with E-state index in [-0.39, 0.29) is 35.5 Å². The molecular formula is C20H32FIN4O3S. The third-order valence-electron chi connectivity index (χ3n) is 5.45. The maximum Gasteiger partial charge on any atom is 0.194 e. The second kappa shape index (κ2) is 10.4. The van der Waals surface area contributed by atoms with Crippen LogP contribution < -0.4 is 10.2 Å². The molecule has 2 aliphatic rings. The third-order valence-corrected chi connectivity index (χ3v) is 7.99. The van der Waals surface area contributed by atoms with E-state index < -0.39 is 14.6 Å². The molecule has 0 spiro atoms. The average molecular weight is 554 g/mol. The molecule has 2 aliphatic heterocycles. The number of benzene rings is 1. The molecule has 2 fully saturated rings. The van der Waals surface area contributed by atoms with Crippen LogP contribution in [-0.4, -0.2) is 75.7 Å². The van der Waals surface area contributed by atoms with Gasteiger partial charge in [-0.2, -0.15) is 0 Å². The maximum atomic E-state index is 14.6. The van der Waals surface area contributed by atoms with Crippen LogP contribution in [0.4, 0.5) is 10.1 Å². The highest BCUT2D eigenvalue weighted by molar-refractivity contribution is 14.0. The molecule has 1 aromatic rings. The van der Waals surface area contributed by atoms with Crippen molar-refractivity contribution in [2.75, 3.05) is 56.6 Å². The smallest absolute Gasteiger partial charge is 0.194 e. The van der Waals surface area contributed by atoms with Crippen LogP contribution in [0, 0.1) is 5.82 Å². The number of nitrogens with zero attached hydrogens (tertiary/aromatic N) is 3. The number of guanidine groups is 1. The lowest BCUT2D eigenvalue weighted by atomic mass is 10.1. The van der Waals surface area contributed by atoms with Gasteiger partial charge in [0.05, 0.1) is 35.9 Å². The van der Waals surface area contributed by atoms with E-state index in [1.54, 1.807) is 19.9 Å². The molecule has 0 aromatic heterocycles. The van der Waals surface area contributed by atoms with Gasteiger partial charge in [-0.15, -0.1) is 24.0 Å². The number of sulfone groups is 1. The molecule has 7 nitrogen and oxygen atoms in total. The molecule has 0 radical (unpaired) electrons. The van der Waals surface area contributed by atoms with Crippen LogP contribution in [0.5, 0.6) is 0 Å². The minimum absolute atomic E-state index is 0. The highest BCUT2D eigenvalue weighted by atomic mass is 127. The normalized spacial score (nSPS) is 21.1. The molecule has 2 heterocycles. The van der Waals surface area contributed by atoms with Crippen LogP contribution in [0.15, 0.2) is 23.2 Å². The van der Waals surface area contributed by atoms with Gasteiger partial charge in [0.2, 0.25) is 0 Å². The Labute approximate surface area is 196 Å². The molecule has 30 heavy (non-hydrogen) atoms. The van der Waals surface area contributed by atoms with Crippen molar-refractivity contribution in [3.8, 4) is 0 Å². The Morgan fingerprint density at radius 1 is 1.27 bits per heavy atom. The summed E-state index contributed by atoms with van der Waals surface area (Å²) in [7, 11) is -3.12. The van der Waals surface area contributed by atoms with E-state index in [2.05, 4.69) is 10.3 Å². The largest absolute Gasteiger partial charge is 0.378 e. The van der Waals surface area contributed by atoms with Crippen LogP contribution in [0.25, 0.3) is 0 Å². The van der Waals surface area contributed by atoms with Gasteiger partial charge in [-0.05, 0) is 38.5 Å². The Bertz CT molecular complexity index is 858. The summed E-state index contributed by atoms with van der Waals surface area (Å²) >= 11 is 0. The van der Waals surface area contributed by atoms with E-state index >= 15 is 0 Å². The van der Waals surface area contributed by atoms with Crippen molar-refractivity contribution in [3.63, 3.8) is 0 Å². The topological polar surface area (TPSA) is 74.2 Å². The summed E-state index contributed by atoms with van der Waals surface area (Å²) in [5.41, 5.74) is 1.37. The average Bonchev–Trinajstić information content (AvgIpc) is 2.68. The van der Waals surface area contributed by atoms with Crippen molar-refractivity contribution in [2.24, 2.45) is 4.99 Å². The molecule has 3 rings (SSSR count). The van der Waals surface area contributed by atoms with Gasteiger partial charge in [-0.3, -0.25) is 0 Å². The molecule has 0 amide bonds. The maximum absolute atomic E-state index is 14.6. The Morgan fingerprint density at radius 3 is 2.57 bits per heavy atom. The van der Waals surface area contributed by atoms with Crippen LogP contribution in [-0.2, 0) is 21.1 Å². The molecule has 0 aliphatic carbocycles. The van der Waals surface area contributed by atoms with Gasteiger partial charge < -0.3 is 19.9 Å². The number of anilines is 1. The number of hydrogen-bond donors (Lipinski definition) is 1. The Kier molecular flexibility index (Phi) is 8.75. The quantitative estimate of drug-likeness (QED) is 0.350. The second-order valence-corrected chi connectivity index (χ2v) is 10.8. The first-order chi connectivity index (χ1) is 13.7. The fraction of sp³-hybridized carbons (Fsp3) is 0.650. The van der Waals surface area contributed by atoms with Crippen LogP contribution in [0.1, 0.15) is 26.3 Å². The van der Waals surface area contributed by atoms with Gasteiger partial charge in [-0.25, -0.2) is 17.8 Å². The van der Waals surface area contributed by atoms with Crippen LogP contribution in [0.3, 0.4) is 0 Å². The molecule has 0 unspecified atom stereocenters. The highest BCUT2D eigenvalue weighted by Crippen LogP contribution is 2.24. The lowest BCUT2D eigenvalue weighted by Gasteiger charge is -2.39. The van der Waals surface area contributed by atoms with Crippen molar-refractivity contribution in [1.82, 2.24) is 10.2 Å². The number of hydrogen-bond acceptors (Lipinski definition) is 5. The molecule has 10 heteroatoms. The van der Waals surface area contributed by atoms with E-state index in [0.717, 1.165) is 5.56 Å². The zero-order valence-corrected chi connectivity index (χ0v) is 21.0. The van der Waals surface area contributed by atoms with Gasteiger partial charge in [0, 0.05) is 32.7 Å². The van der Waals surface area contributed by atoms with E-state index in [1.807, 2.05) is 22.8 Å². The molecule has 0 saturated carbocycles. The van der Waals surface area contributed by atoms with Gasteiger partial charge in [0.15, 0.2) is 15.8 Å². The number of ether oxygens (including phenoxy) is 1. The summed E-state index contributed by atoms with van der Waals surface area (Å²) in [5.74, 6) is 0.510. The predicted molar refractivity (Wildman–Crippen MR) is 129 cm³/mol. The summed E-state index contributed by atoms with van der Waals surface area (Å²) in [6, 6.07) is 5.23. The van der Waals surface area contributed by atoms with Crippen molar-refractivity contribution in [3.05, 3.63) is 29.6 Å². The summed E-state index contributed by atoms with van der Waals surface area (Å²) in [6.45, 7) is 9.85. The minimum Gasteiger partial charge on any atom is -0.378 e. The van der Waals surface area contributed by atoms with Gasteiger partial charge in [-0.1, -0.05) is 6.07 Å². The van der Waals surface area contributed by atoms with Crippen molar-refractivity contribution in [2.45, 2.75) is 32.1 Å². The first-order valence-corrected chi connectivity index (χ1v) is 11.8. The van der Waals surface area contributed by atoms with Gasteiger partial charge >= 0.3 is 0 Å². The van der Waals surface area contributed by atoms with Crippen molar-refractivity contribution in [1.29, 1.82) is 0 Å². The number of rotatable bonds is 4. The van der Waals surface area contributed by atoms with E-state index in [1.165, 1.54) is 6.07 Å². The summed E-state index contributed by atoms with van der Waals surface area (Å²) < 4.78 is 43.7. The summed E-state index contributed by atoms with van der Waals surface area (Å²) in [4.78, 5) is 8.61. The molecule has 0 atom stereocenters. The monoisotopic (exact) mass is 554 g/mol. The van der Waals surface area contributed by atoms with E-state index in [0.29, 0.717) is 64.1 Å². The SMILES string of the molecule is CCNC(=NCc1ccc(N2CCOCC2)c(F)c1)N1CCS(=O)(=O)C(C)(C)C1.I. The number of halogens is 2. The zero-order chi connectivity index (χ0) is 21.1. The molecule has 0 bridgehead atoms. The Morgan fingerprint density at radius 2 is 1.97 bits per heavy atom. The highest BCUT2D eigenvalue weighted by Gasteiger charge is 2.40. The fourth-order valence-corrected chi connectivity index (χ4v) is 4.99. The Hall–Kier alpha value is -1.14. The molecular weight excluding hydrogens is 522 g/mol. The molecule has 170 valence electrons. The minimum atomic E-state index is -3.12.